The van der Waals surface area contributed by atoms with Crippen LogP contribution in [0, 0.1) is 12.3 Å². The first kappa shape index (κ1) is 11.3. The lowest BCUT2D eigenvalue weighted by Crippen LogP contribution is -2.53. The van der Waals surface area contributed by atoms with Gasteiger partial charge in [-0.15, -0.1) is 0 Å². The van der Waals surface area contributed by atoms with Gasteiger partial charge in [-0.25, -0.2) is 9.78 Å². The second-order valence-corrected chi connectivity index (χ2v) is 5.46. The zero-order valence-electron chi connectivity index (χ0n) is 10.2. The maximum absolute atomic E-state index is 11.0. The molecule has 0 aliphatic carbocycles. The smallest absolute Gasteiger partial charge is 0.310 e. The van der Waals surface area contributed by atoms with Crippen molar-refractivity contribution in [1.82, 2.24) is 14.9 Å². The van der Waals surface area contributed by atoms with Gasteiger partial charge in [0.25, 0.3) is 0 Å². The molecule has 4 nitrogen and oxygen atoms in total. The van der Waals surface area contributed by atoms with Gasteiger partial charge in [0.05, 0.1) is 0 Å². The van der Waals surface area contributed by atoms with Crippen LogP contribution in [0.3, 0.4) is 0 Å². The van der Waals surface area contributed by atoms with Crippen LogP contribution in [0.25, 0.3) is 0 Å². The molecule has 4 heteroatoms. The second-order valence-electron chi connectivity index (χ2n) is 5.46. The summed E-state index contributed by atoms with van der Waals surface area (Å²) in [6, 6.07) is 0. The predicted octanol–water partition coefficient (Wildman–Crippen LogP) is 0.963. The largest absolute Gasteiger partial charge is 0.345 e. The minimum Gasteiger partial charge on any atom is -0.310 e. The first-order valence-electron chi connectivity index (χ1n) is 5.73. The molecular formula is C12H19N3O. The van der Waals surface area contributed by atoms with Gasteiger partial charge in [-0.2, -0.15) is 0 Å². The van der Waals surface area contributed by atoms with Crippen LogP contribution in [-0.2, 0) is 6.42 Å². The van der Waals surface area contributed by atoms with Crippen molar-refractivity contribution in [3.05, 3.63) is 27.9 Å². The summed E-state index contributed by atoms with van der Waals surface area (Å²) in [7, 11) is 0. The standard InChI is InChI=1S/C12H19N3O/c1-9-10(6-13-11(16)14-9)4-5-15-7-12(2,3)8-15/h6H,4-5,7-8H2,1-3H3,(H,13,14,16). The van der Waals surface area contributed by atoms with Crippen molar-refractivity contribution >= 4 is 0 Å². The first-order valence-corrected chi connectivity index (χ1v) is 5.73. The molecule has 0 bridgehead atoms. The van der Waals surface area contributed by atoms with Crippen LogP contribution >= 0.6 is 0 Å². The van der Waals surface area contributed by atoms with Crippen LogP contribution in [0.5, 0.6) is 0 Å². The molecule has 0 radical (unpaired) electrons. The highest BCUT2D eigenvalue weighted by atomic mass is 16.1. The van der Waals surface area contributed by atoms with Crippen molar-refractivity contribution < 1.29 is 0 Å². The lowest BCUT2D eigenvalue weighted by Gasteiger charge is -2.46. The summed E-state index contributed by atoms with van der Waals surface area (Å²) in [5.41, 5.74) is 2.31. The number of aryl methyl sites for hydroxylation is 1. The van der Waals surface area contributed by atoms with Gasteiger partial charge in [0.1, 0.15) is 0 Å². The van der Waals surface area contributed by atoms with Gasteiger partial charge in [-0.05, 0) is 24.3 Å². The van der Waals surface area contributed by atoms with E-state index >= 15 is 0 Å². The molecular weight excluding hydrogens is 202 g/mol. The number of H-pyrrole nitrogens is 1. The topological polar surface area (TPSA) is 49.0 Å². The van der Waals surface area contributed by atoms with Gasteiger partial charge >= 0.3 is 5.69 Å². The van der Waals surface area contributed by atoms with E-state index in [0.29, 0.717) is 5.41 Å². The van der Waals surface area contributed by atoms with Crippen molar-refractivity contribution in [3.63, 3.8) is 0 Å². The minimum absolute atomic E-state index is 0.258. The normalized spacial score (nSPS) is 19.4. The first-order chi connectivity index (χ1) is 7.46. The molecule has 0 aromatic carbocycles. The Labute approximate surface area is 95.7 Å². The van der Waals surface area contributed by atoms with Crippen LogP contribution in [0.1, 0.15) is 25.1 Å². The molecule has 0 amide bonds. The Hall–Kier alpha value is -1.16. The van der Waals surface area contributed by atoms with E-state index in [2.05, 4.69) is 28.7 Å². The molecule has 0 saturated carbocycles. The molecule has 1 fully saturated rings. The Morgan fingerprint density at radius 2 is 2.19 bits per heavy atom. The van der Waals surface area contributed by atoms with E-state index in [4.69, 9.17) is 0 Å². The zero-order chi connectivity index (χ0) is 11.8. The molecule has 0 spiro atoms. The average molecular weight is 221 g/mol. The third-order valence-electron chi connectivity index (χ3n) is 3.11. The molecule has 1 aromatic heterocycles. The summed E-state index contributed by atoms with van der Waals surface area (Å²) in [6.07, 6.45) is 2.66. The zero-order valence-corrected chi connectivity index (χ0v) is 10.2. The van der Waals surface area contributed by atoms with Gasteiger partial charge in [0.15, 0.2) is 0 Å². The van der Waals surface area contributed by atoms with E-state index in [1.165, 1.54) is 13.1 Å². The molecule has 1 saturated heterocycles. The van der Waals surface area contributed by atoms with E-state index in [1.54, 1.807) is 6.20 Å². The number of aromatic nitrogens is 2. The minimum atomic E-state index is -0.258. The van der Waals surface area contributed by atoms with E-state index in [0.717, 1.165) is 24.2 Å². The molecule has 0 atom stereocenters. The van der Waals surface area contributed by atoms with E-state index in [-0.39, 0.29) is 5.69 Å². The van der Waals surface area contributed by atoms with Gasteiger partial charge in [-0.1, -0.05) is 13.8 Å². The van der Waals surface area contributed by atoms with Gasteiger partial charge in [-0.3, -0.25) is 0 Å². The van der Waals surface area contributed by atoms with Crippen molar-refractivity contribution in [1.29, 1.82) is 0 Å². The highest BCUT2D eigenvalue weighted by molar-refractivity contribution is 5.14. The number of hydrogen-bond acceptors (Lipinski definition) is 3. The van der Waals surface area contributed by atoms with Crippen LogP contribution in [0.4, 0.5) is 0 Å². The highest BCUT2D eigenvalue weighted by Crippen LogP contribution is 2.28. The van der Waals surface area contributed by atoms with Crippen molar-refractivity contribution in [2.45, 2.75) is 27.2 Å². The van der Waals surface area contributed by atoms with Gasteiger partial charge in [0, 0.05) is 31.5 Å². The molecule has 1 aliphatic rings. The Morgan fingerprint density at radius 1 is 1.50 bits per heavy atom. The van der Waals surface area contributed by atoms with Crippen molar-refractivity contribution in [3.8, 4) is 0 Å². The fourth-order valence-corrected chi connectivity index (χ4v) is 2.36. The number of nitrogens with zero attached hydrogens (tertiary/aromatic N) is 2. The fourth-order valence-electron chi connectivity index (χ4n) is 2.36. The second kappa shape index (κ2) is 4.01. The molecule has 2 heterocycles. The quantitative estimate of drug-likeness (QED) is 0.827. The summed E-state index contributed by atoms with van der Waals surface area (Å²) in [6.45, 7) is 9.90. The highest BCUT2D eigenvalue weighted by Gasteiger charge is 2.33. The van der Waals surface area contributed by atoms with Crippen molar-refractivity contribution in [2.75, 3.05) is 19.6 Å². The number of aromatic amines is 1. The van der Waals surface area contributed by atoms with Crippen LogP contribution < -0.4 is 5.69 Å². The van der Waals surface area contributed by atoms with Crippen LogP contribution in [0.15, 0.2) is 11.0 Å². The summed E-state index contributed by atoms with van der Waals surface area (Å²) < 4.78 is 0. The fraction of sp³-hybridized carbons (Fsp3) is 0.667. The number of hydrogen-bond donors (Lipinski definition) is 1. The molecule has 1 aliphatic heterocycles. The third-order valence-corrected chi connectivity index (χ3v) is 3.11. The molecule has 1 aromatic rings. The third kappa shape index (κ3) is 2.50. The predicted molar refractivity (Wildman–Crippen MR) is 63.5 cm³/mol. The Bertz CT molecular complexity index is 428. The average Bonchev–Trinajstić information content (AvgIpc) is 2.13. The monoisotopic (exact) mass is 221 g/mol. The molecule has 0 unspecified atom stereocenters. The van der Waals surface area contributed by atoms with E-state index < -0.39 is 0 Å². The summed E-state index contributed by atoms with van der Waals surface area (Å²) in [4.78, 5) is 19.9. The summed E-state index contributed by atoms with van der Waals surface area (Å²) in [5.74, 6) is 0. The maximum atomic E-state index is 11.0. The SMILES string of the molecule is Cc1[nH]c(=O)ncc1CCN1CC(C)(C)C1. The number of rotatable bonds is 3. The summed E-state index contributed by atoms with van der Waals surface area (Å²) in [5, 5.41) is 0. The van der Waals surface area contributed by atoms with Crippen molar-refractivity contribution in [2.24, 2.45) is 5.41 Å². The Morgan fingerprint density at radius 3 is 2.75 bits per heavy atom. The Balaban J connectivity index is 1.89. The van der Waals surface area contributed by atoms with Crippen LogP contribution in [0.2, 0.25) is 0 Å². The van der Waals surface area contributed by atoms with Gasteiger partial charge < -0.3 is 9.88 Å². The number of nitrogens with one attached hydrogen (secondary N) is 1. The Kier molecular flexibility index (Phi) is 2.84. The lowest BCUT2D eigenvalue weighted by atomic mass is 9.84. The molecule has 2 rings (SSSR count). The lowest BCUT2D eigenvalue weighted by molar-refractivity contribution is 0.0324. The van der Waals surface area contributed by atoms with Crippen LogP contribution in [-0.4, -0.2) is 34.5 Å². The molecule has 1 N–H and O–H groups in total. The maximum Gasteiger partial charge on any atom is 0.345 e. The molecule has 88 valence electrons. The van der Waals surface area contributed by atoms with E-state index in [9.17, 15) is 4.79 Å². The van der Waals surface area contributed by atoms with Gasteiger partial charge in [0.2, 0.25) is 0 Å². The molecule has 16 heavy (non-hydrogen) atoms. The van der Waals surface area contributed by atoms with E-state index in [1.807, 2.05) is 6.92 Å². The number of likely N-dealkylation sites (tertiary alicyclic amines) is 1. The summed E-state index contributed by atoms with van der Waals surface area (Å²) >= 11 is 0.